The van der Waals surface area contributed by atoms with Crippen LogP contribution in [0.2, 0.25) is 0 Å². The summed E-state index contributed by atoms with van der Waals surface area (Å²) in [5.41, 5.74) is 5.80. The lowest BCUT2D eigenvalue weighted by molar-refractivity contribution is 0.0872. The van der Waals surface area contributed by atoms with Gasteiger partial charge in [-0.15, -0.1) is 0 Å². The van der Waals surface area contributed by atoms with Gasteiger partial charge in [-0.2, -0.15) is 0 Å². The predicted molar refractivity (Wildman–Crippen MR) is 116 cm³/mol. The molecule has 2 heterocycles. The van der Waals surface area contributed by atoms with Gasteiger partial charge in [-0.05, 0) is 48.2 Å². The minimum Gasteiger partial charge on any atom is -0.478 e. The summed E-state index contributed by atoms with van der Waals surface area (Å²) in [6.07, 6.45) is 1.84. The van der Waals surface area contributed by atoms with Crippen LogP contribution in [-0.4, -0.2) is 17.4 Å². The summed E-state index contributed by atoms with van der Waals surface area (Å²) in [6, 6.07) is 20.3. The van der Waals surface area contributed by atoms with Crippen molar-refractivity contribution in [2.24, 2.45) is 0 Å². The number of Topliss-reactive ketones (excluding diaryl/α,β-unsaturated/α-hetero) is 1. The minimum absolute atomic E-state index is 0.0614. The number of nitrogens with zero attached hydrogens (tertiary/aromatic N) is 1. The lowest BCUT2D eigenvalue weighted by Crippen LogP contribution is -2.31. The zero-order valence-corrected chi connectivity index (χ0v) is 17.1. The summed E-state index contributed by atoms with van der Waals surface area (Å²) < 4.78 is 12.2. The molecule has 0 spiro atoms. The highest BCUT2D eigenvalue weighted by molar-refractivity contribution is 6.16. The van der Waals surface area contributed by atoms with E-state index in [0.29, 0.717) is 30.3 Å². The van der Waals surface area contributed by atoms with Gasteiger partial charge in [0.1, 0.15) is 18.2 Å². The van der Waals surface area contributed by atoms with Crippen molar-refractivity contribution in [1.29, 1.82) is 0 Å². The molecule has 0 bridgehead atoms. The number of aryl methyl sites for hydroxylation is 2. The van der Waals surface area contributed by atoms with E-state index >= 15 is 0 Å². The molecule has 0 N–H and O–H groups in total. The van der Waals surface area contributed by atoms with Gasteiger partial charge in [-0.25, -0.2) is 0 Å². The SMILES string of the molecule is Cc1ccccc1/C=C1\Oc2c3c(cc(C)c2C1=O)OCN(Cc1ccccc1)C3. The van der Waals surface area contributed by atoms with E-state index in [-0.39, 0.29) is 5.78 Å². The Kier molecular flexibility index (Phi) is 4.64. The highest BCUT2D eigenvalue weighted by atomic mass is 16.5. The molecular weight excluding hydrogens is 374 g/mol. The Morgan fingerprint density at radius 1 is 1.00 bits per heavy atom. The fourth-order valence-electron chi connectivity index (χ4n) is 4.11. The van der Waals surface area contributed by atoms with E-state index < -0.39 is 0 Å². The number of allylic oxidation sites excluding steroid dienone is 1. The van der Waals surface area contributed by atoms with Gasteiger partial charge in [0, 0.05) is 13.1 Å². The third-order valence-electron chi connectivity index (χ3n) is 5.71. The molecule has 0 fully saturated rings. The second kappa shape index (κ2) is 7.47. The molecule has 4 nitrogen and oxygen atoms in total. The van der Waals surface area contributed by atoms with Gasteiger partial charge in [-0.1, -0.05) is 54.6 Å². The minimum atomic E-state index is -0.0614. The third kappa shape index (κ3) is 3.29. The van der Waals surface area contributed by atoms with E-state index in [1.165, 1.54) is 5.56 Å². The summed E-state index contributed by atoms with van der Waals surface area (Å²) >= 11 is 0. The molecule has 0 unspecified atom stereocenters. The quantitative estimate of drug-likeness (QED) is 0.564. The molecule has 0 atom stereocenters. The van der Waals surface area contributed by atoms with E-state index in [1.54, 1.807) is 0 Å². The molecular formula is C26H23NO3. The standard InChI is InChI=1S/C26H23NO3/c1-17-8-6-7-11-20(17)13-23-25(28)24-18(2)12-22-21(26(24)30-23)15-27(16-29-22)14-19-9-4-3-5-10-19/h3-13H,14-16H2,1-2H3/b23-13-. The number of fused-ring (bicyclic) bond motifs is 3. The van der Waals surface area contributed by atoms with E-state index in [1.807, 2.05) is 68.5 Å². The van der Waals surface area contributed by atoms with Crippen molar-refractivity contribution in [3.63, 3.8) is 0 Å². The molecule has 3 aromatic rings. The average molecular weight is 397 g/mol. The largest absolute Gasteiger partial charge is 0.478 e. The number of hydrogen-bond acceptors (Lipinski definition) is 4. The molecule has 0 radical (unpaired) electrons. The van der Waals surface area contributed by atoms with Crippen LogP contribution in [-0.2, 0) is 13.1 Å². The summed E-state index contributed by atoms with van der Waals surface area (Å²) in [7, 11) is 0. The number of carbonyl (C=O) groups excluding carboxylic acids is 1. The highest BCUT2D eigenvalue weighted by Crippen LogP contribution is 2.44. The Bertz CT molecular complexity index is 1160. The maximum atomic E-state index is 13.1. The van der Waals surface area contributed by atoms with Gasteiger partial charge in [0.2, 0.25) is 5.78 Å². The van der Waals surface area contributed by atoms with Crippen molar-refractivity contribution in [2.75, 3.05) is 6.73 Å². The van der Waals surface area contributed by atoms with Crippen LogP contribution >= 0.6 is 0 Å². The van der Waals surface area contributed by atoms with E-state index in [4.69, 9.17) is 9.47 Å². The molecule has 0 saturated carbocycles. The Labute approximate surface area is 176 Å². The summed E-state index contributed by atoms with van der Waals surface area (Å²) in [6.45, 7) is 5.94. The second-order valence-corrected chi connectivity index (χ2v) is 7.92. The van der Waals surface area contributed by atoms with Crippen molar-refractivity contribution in [1.82, 2.24) is 4.90 Å². The predicted octanol–water partition coefficient (Wildman–Crippen LogP) is 5.27. The monoisotopic (exact) mass is 397 g/mol. The highest BCUT2D eigenvalue weighted by Gasteiger charge is 2.35. The molecule has 30 heavy (non-hydrogen) atoms. The Morgan fingerprint density at radius 2 is 1.77 bits per heavy atom. The van der Waals surface area contributed by atoms with E-state index in [0.717, 1.165) is 34.5 Å². The van der Waals surface area contributed by atoms with Crippen LogP contribution in [0.4, 0.5) is 0 Å². The molecule has 0 saturated heterocycles. The van der Waals surface area contributed by atoms with Crippen LogP contribution in [0.15, 0.2) is 66.4 Å². The lowest BCUT2D eigenvalue weighted by atomic mass is 9.98. The maximum Gasteiger partial charge on any atom is 0.232 e. The number of rotatable bonds is 3. The summed E-state index contributed by atoms with van der Waals surface area (Å²) in [5.74, 6) is 1.76. The average Bonchev–Trinajstić information content (AvgIpc) is 3.08. The Morgan fingerprint density at radius 3 is 2.57 bits per heavy atom. The fraction of sp³-hybridized carbons (Fsp3) is 0.192. The Balaban J connectivity index is 1.49. The smallest absolute Gasteiger partial charge is 0.232 e. The zero-order chi connectivity index (χ0) is 20.7. The van der Waals surface area contributed by atoms with Crippen molar-refractivity contribution in [3.8, 4) is 11.5 Å². The molecule has 0 amide bonds. The van der Waals surface area contributed by atoms with E-state index in [9.17, 15) is 4.79 Å². The normalized spacial score (nSPS) is 16.7. The van der Waals surface area contributed by atoms with Gasteiger partial charge >= 0.3 is 0 Å². The van der Waals surface area contributed by atoms with Crippen LogP contribution in [0.25, 0.3) is 6.08 Å². The van der Waals surface area contributed by atoms with Crippen molar-refractivity contribution in [2.45, 2.75) is 26.9 Å². The van der Waals surface area contributed by atoms with Crippen LogP contribution in [0.3, 0.4) is 0 Å². The first kappa shape index (κ1) is 18.6. The topological polar surface area (TPSA) is 38.8 Å². The van der Waals surface area contributed by atoms with Gasteiger partial charge < -0.3 is 9.47 Å². The van der Waals surface area contributed by atoms with Crippen molar-refractivity contribution in [3.05, 3.63) is 99.8 Å². The van der Waals surface area contributed by atoms with Gasteiger partial charge in [0.05, 0.1) is 11.1 Å². The summed E-state index contributed by atoms with van der Waals surface area (Å²) in [5, 5.41) is 0. The molecule has 2 aliphatic rings. The third-order valence-corrected chi connectivity index (χ3v) is 5.71. The fourth-order valence-corrected chi connectivity index (χ4v) is 4.11. The molecule has 2 aliphatic heterocycles. The number of ketones is 1. The van der Waals surface area contributed by atoms with Gasteiger partial charge in [0.15, 0.2) is 5.76 Å². The van der Waals surface area contributed by atoms with Crippen LogP contribution in [0.5, 0.6) is 11.5 Å². The number of hydrogen-bond donors (Lipinski definition) is 0. The van der Waals surface area contributed by atoms with Crippen molar-refractivity contribution < 1.29 is 14.3 Å². The first-order valence-corrected chi connectivity index (χ1v) is 10.2. The van der Waals surface area contributed by atoms with Crippen LogP contribution < -0.4 is 9.47 Å². The van der Waals surface area contributed by atoms with Crippen LogP contribution in [0, 0.1) is 13.8 Å². The Hall–Kier alpha value is -3.37. The van der Waals surface area contributed by atoms with Gasteiger partial charge in [-0.3, -0.25) is 9.69 Å². The molecule has 5 rings (SSSR count). The number of ether oxygens (including phenoxy) is 2. The zero-order valence-electron chi connectivity index (χ0n) is 17.1. The van der Waals surface area contributed by atoms with Crippen LogP contribution in [0.1, 0.15) is 38.2 Å². The molecule has 0 aromatic heterocycles. The number of benzene rings is 3. The van der Waals surface area contributed by atoms with Gasteiger partial charge in [0.25, 0.3) is 0 Å². The molecule has 3 aromatic carbocycles. The first-order chi connectivity index (χ1) is 14.6. The lowest BCUT2D eigenvalue weighted by Gasteiger charge is -2.30. The summed E-state index contributed by atoms with van der Waals surface area (Å²) in [4.78, 5) is 15.4. The number of carbonyl (C=O) groups is 1. The first-order valence-electron chi connectivity index (χ1n) is 10.2. The molecule has 4 heteroatoms. The molecule has 0 aliphatic carbocycles. The molecule has 150 valence electrons. The second-order valence-electron chi connectivity index (χ2n) is 7.92. The van der Waals surface area contributed by atoms with Crippen molar-refractivity contribution >= 4 is 11.9 Å². The maximum absolute atomic E-state index is 13.1. The van der Waals surface area contributed by atoms with E-state index in [2.05, 4.69) is 17.0 Å².